The van der Waals surface area contributed by atoms with Crippen LogP contribution in [-0.4, -0.2) is 22.2 Å². The molecule has 0 amide bonds. The van der Waals surface area contributed by atoms with E-state index in [1.165, 1.54) is 12.1 Å². The molecule has 0 bridgehead atoms. The third-order valence-corrected chi connectivity index (χ3v) is 2.09. The minimum Gasteiger partial charge on any atom is -0.506 e. The molecule has 0 saturated heterocycles. The molecule has 0 aliphatic rings. The normalized spacial score (nSPS) is 12.4. The fourth-order valence-electron chi connectivity index (χ4n) is 1.02. The van der Waals surface area contributed by atoms with Crippen LogP contribution in [0.15, 0.2) is 18.2 Å². The van der Waals surface area contributed by atoms with Crippen LogP contribution in [0.2, 0.25) is 5.02 Å². The van der Waals surface area contributed by atoms with Crippen molar-refractivity contribution in [3.63, 3.8) is 0 Å². The Hall–Kier alpha value is -1.26. The van der Waals surface area contributed by atoms with Crippen molar-refractivity contribution in [3.8, 4) is 5.75 Å². The molecule has 1 rings (SSSR count). The van der Waals surface area contributed by atoms with Crippen LogP contribution in [-0.2, 0) is 11.2 Å². The van der Waals surface area contributed by atoms with Gasteiger partial charge >= 0.3 is 5.97 Å². The van der Waals surface area contributed by atoms with Gasteiger partial charge in [0.1, 0.15) is 11.8 Å². The van der Waals surface area contributed by atoms with Crippen LogP contribution in [0.25, 0.3) is 0 Å². The molecule has 0 saturated carbocycles. The SMILES string of the molecule is N[13C@@H]([13CH2][13c]1cc[13c](O)[13c](Cl)[13cH]1)C(=O)O. The van der Waals surface area contributed by atoms with Gasteiger partial charge in [-0.05, 0) is 24.1 Å². The number of rotatable bonds is 3. The summed E-state index contributed by atoms with van der Waals surface area (Å²) in [6.07, 6.45) is 0.190. The molecule has 5 heteroatoms. The number of benzene rings is 1. The zero-order valence-electron chi connectivity index (χ0n) is 7.27. The Balaban J connectivity index is 2.78. The van der Waals surface area contributed by atoms with Crippen LogP contribution in [0.5, 0.6) is 5.75 Å². The summed E-state index contributed by atoms with van der Waals surface area (Å²) >= 11 is 5.64. The van der Waals surface area contributed by atoms with Crippen molar-refractivity contribution in [2.24, 2.45) is 5.73 Å². The molecule has 0 heterocycles. The number of aliphatic carboxylic acids is 1. The molecule has 0 unspecified atom stereocenters. The van der Waals surface area contributed by atoms with Gasteiger partial charge in [0.25, 0.3) is 0 Å². The molecule has 4 nitrogen and oxygen atoms in total. The Morgan fingerprint density at radius 3 is 2.71 bits per heavy atom. The second-order valence-corrected chi connectivity index (χ2v) is 3.34. The van der Waals surface area contributed by atoms with Gasteiger partial charge < -0.3 is 15.9 Å². The van der Waals surface area contributed by atoms with Gasteiger partial charge in [-0.2, -0.15) is 0 Å². The number of nitrogens with two attached hydrogens (primary N) is 1. The average Bonchev–Trinajstić information content (AvgIpc) is 2.11. The van der Waals surface area contributed by atoms with Crippen molar-refractivity contribution in [1.29, 1.82) is 0 Å². The van der Waals surface area contributed by atoms with Crippen molar-refractivity contribution in [2.75, 3.05) is 0 Å². The fraction of sp³-hybridized carbons (Fsp3) is 0.222. The Morgan fingerprint density at radius 1 is 1.57 bits per heavy atom. The van der Waals surface area contributed by atoms with Gasteiger partial charge in [0.15, 0.2) is 0 Å². The van der Waals surface area contributed by atoms with E-state index in [9.17, 15) is 4.79 Å². The molecule has 0 spiro atoms. The van der Waals surface area contributed by atoms with Gasteiger partial charge in [0, 0.05) is 0 Å². The van der Waals surface area contributed by atoms with Gasteiger partial charge in [-0.25, -0.2) is 0 Å². The van der Waals surface area contributed by atoms with Crippen LogP contribution in [0, 0.1) is 0 Å². The summed E-state index contributed by atoms with van der Waals surface area (Å²) < 4.78 is 0. The minimum atomic E-state index is -1.06. The molecule has 1 aromatic rings. The standard InChI is InChI=1S/C9H10ClNO3/c10-6-3-5(1-2-8(6)12)4-7(11)9(13)14/h1-3,7,12H,4,11H2,(H,13,14)/t7-/m0/s1/i3+1,4+1,5+1,6+1,7+1,8+1. The number of carbonyl (C=O) groups is 1. The summed E-state index contributed by atoms with van der Waals surface area (Å²) in [4.78, 5) is 10.4. The average molecular weight is 222 g/mol. The largest absolute Gasteiger partial charge is 0.506 e. The highest BCUT2D eigenvalue weighted by Gasteiger charge is 2.12. The number of carboxylic acids is 1. The maximum atomic E-state index is 10.4. The lowest BCUT2D eigenvalue weighted by Gasteiger charge is -2.06. The molecule has 1 aromatic carbocycles. The molecule has 0 radical (unpaired) electrons. The predicted octanol–water partition coefficient (Wildman–Crippen LogP) is 1.00. The number of carboxylic acid groups (broad SMARTS) is 1. The number of halogens is 1. The summed E-state index contributed by atoms with van der Waals surface area (Å²) in [6, 6.07) is 3.55. The summed E-state index contributed by atoms with van der Waals surface area (Å²) in [5.41, 5.74) is 6.01. The van der Waals surface area contributed by atoms with E-state index >= 15 is 0 Å². The summed E-state index contributed by atoms with van der Waals surface area (Å²) in [5.74, 6) is -1.09. The van der Waals surface area contributed by atoms with Crippen LogP contribution in [0.3, 0.4) is 0 Å². The Labute approximate surface area is 85.9 Å². The van der Waals surface area contributed by atoms with E-state index < -0.39 is 12.0 Å². The minimum absolute atomic E-state index is 0.0284. The monoisotopic (exact) mass is 221 g/mol. The zero-order chi connectivity index (χ0) is 10.7. The topological polar surface area (TPSA) is 83.5 Å². The fourth-order valence-corrected chi connectivity index (χ4v) is 1.22. The molecule has 0 aromatic heterocycles. The highest BCUT2D eigenvalue weighted by molar-refractivity contribution is 6.32. The van der Waals surface area contributed by atoms with E-state index in [0.717, 1.165) is 0 Å². The summed E-state index contributed by atoms with van der Waals surface area (Å²) in [5, 5.41) is 17.9. The van der Waals surface area contributed by atoms with Crippen molar-refractivity contribution < 1.29 is 15.0 Å². The smallest absolute Gasteiger partial charge is 0.320 e. The number of hydrogen-bond acceptors (Lipinski definition) is 3. The van der Waals surface area contributed by atoms with Gasteiger partial charge in [-0.1, -0.05) is 17.7 Å². The van der Waals surface area contributed by atoms with E-state index in [-0.39, 0.29) is 17.2 Å². The Kier molecular flexibility index (Phi) is 3.33. The number of phenolic OH excluding ortho intramolecular Hbond substituents is 1. The molecular formula is C9H10ClNO3. The molecule has 76 valence electrons. The molecule has 0 fully saturated rings. The second-order valence-electron chi connectivity index (χ2n) is 2.93. The molecule has 1 atom stereocenters. The maximum absolute atomic E-state index is 10.4. The number of phenols is 1. The van der Waals surface area contributed by atoms with Crippen LogP contribution < -0.4 is 5.73 Å². The zero-order valence-corrected chi connectivity index (χ0v) is 8.03. The third kappa shape index (κ3) is 2.61. The lowest BCUT2D eigenvalue weighted by Crippen LogP contribution is -2.32. The highest BCUT2D eigenvalue weighted by atomic mass is 35.5. The van der Waals surface area contributed by atoms with Crippen molar-refractivity contribution >= 4 is 17.6 Å². The van der Waals surface area contributed by atoms with E-state index in [4.69, 9.17) is 27.5 Å². The summed E-state index contributed by atoms with van der Waals surface area (Å²) in [7, 11) is 0. The van der Waals surface area contributed by atoms with Gasteiger partial charge in [-0.15, -0.1) is 0 Å². The maximum Gasteiger partial charge on any atom is 0.320 e. The third-order valence-electron chi connectivity index (χ3n) is 1.78. The predicted molar refractivity (Wildman–Crippen MR) is 52.4 cm³/mol. The molecule has 0 aliphatic carbocycles. The highest BCUT2D eigenvalue weighted by Crippen LogP contribution is 2.23. The van der Waals surface area contributed by atoms with Crippen LogP contribution in [0.1, 0.15) is 5.56 Å². The lowest BCUT2D eigenvalue weighted by molar-refractivity contribution is -0.138. The first-order valence-electron chi connectivity index (χ1n) is 3.96. The van der Waals surface area contributed by atoms with Gasteiger partial charge in [0.2, 0.25) is 0 Å². The first-order chi connectivity index (χ1) is 6.50. The number of aromatic hydroxyl groups is 1. The van der Waals surface area contributed by atoms with E-state index in [1.54, 1.807) is 6.07 Å². The Bertz CT molecular complexity index is 354. The van der Waals surface area contributed by atoms with E-state index in [0.29, 0.717) is 5.56 Å². The molecule has 0 aliphatic heterocycles. The van der Waals surface area contributed by atoms with Crippen molar-refractivity contribution in [3.05, 3.63) is 28.8 Å². The second kappa shape index (κ2) is 4.30. The lowest BCUT2D eigenvalue weighted by atomic mass is 10.7. The quantitative estimate of drug-likeness (QED) is 0.665. The first-order valence-corrected chi connectivity index (χ1v) is 4.34. The molecule has 4 N–H and O–H groups in total. The van der Waals surface area contributed by atoms with Gasteiger partial charge in [0.05, 0.1) is 5.02 Å². The molecular weight excluding hydrogens is 212 g/mol. The number of hydrogen-bond donors (Lipinski definition) is 3. The van der Waals surface area contributed by atoms with Crippen LogP contribution >= 0.6 is 11.6 Å². The van der Waals surface area contributed by atoms with Crippen molar-refractivity contribution in [2.45, 2.75) is 12.5 Å². The van der Waals surface area contributed by atoms with E-state index in [1.807, 2.05) is 0 Å². The first kappa shape index (κ1) is 10.8. The van der Waals surface area contributed by atoms with Crippen molar-refractivity contribution in [1.82, 2.24) is 0 Å². The van der Waals surface area contributed by atoms with Crippen LogP contribution in [0.4, 0.5) is 0 Å². The molecule has 14 heavy (non-hydrogen) atoms. The Morgan fingerprint density at radius 2 is 2.21 bits per heavy atom. The summed E-state index contributed by atoms with van der Waals surface area (Å²) in [6.45, 7) is 0. The van der Waals surface area contributed by atoms with E-state index in [2.05, 4.69) is 0 Å². The van der Waals surface area contributed by atoms with Gasteiger partial charge in [-0.3, -0.25) is 4.79 Å².